The van der Waals surface area contributed by atoms with Crippen LogP contribution in [-0.2, 0) is 4.79 Å². The van der Waals surface area contributed by atoms with Crippen molar-refractivity contribution in [2.75, 3.05) is 6.54 Å². The first-order chi connectivity index (χ1) is 10.0. The van der Waals surface area contributed by atoms with E-state index in [-0.39, 0.29) is 17.3 Å². The van der Waals surface area contributed by atoms with Gasteiger partial charge in [0.25, 0.3) is 5.91 Å². The van der Waals surface area contributed by atoms with E-state index in [4.69, 9.17) is 5.73 Å². The third-order valence-corrected chi connectivity index (χ3v) is 4.75. The fourth-order valence-electron chi connectivity index (χ4n) is 2.70. The van der Waals surface area contributed by atoms with Crippen molar-refractivity contribution in [2.24, 2.45) is 5.73 Å². The van der Waals surface area contributed by atoms with E-state index >= 15 is 0 Å². The smallest absolute Gasteiger partial charge is 0.254 e. The summed E-state index contributed by atoms with van der Waals surface area (Å²) in [5, 5.41) is 10.3. The molecular weight excluding hydrogens is 336 g/mol. The maximum Gasteiger partial charge on any atom is 0.254 e. The Morgan fingerprint density at radius 3 is 2.57 bits per heavy atom. The second-order valence-electron chi connectivity index (χ2n) is 5.27. The molecule has 3 N–H and O–H groups in total. The van der Waals surface area contributed by atoms with Crippen LogP contribution in [0.5, 0.6) is 0 Å². The van der Waals surface area contributed by atoms with Crippen LogP contribution in [0, 0.1) is 0 Å². The van der Waals surface area contributed by atoms with E-state index in [2.05, 4.69) is 15.9 Å². The lowest BCUT2D eigenvalue weighted by atomic mass is 9.90. The van der Waals surface area contributed by atoms with Crippen molar-refractivity contribution in [3.63, 3.8) is 0 Å². The number of aliphatic hydroxyl groups is 1. The first kappa shape index (κ1) is 16.0. The largest absolute Gasteiger partial charge is 0.390 e. The second kappa shape index (κ2) is 7.04. The molecule has 5 nitrogen and oxygen atoms in total. The van der Waals surface area contributed by atoms with Gasteiger partial charge in [-0.05, 0) is 25.0 Å². The molecule has 1 aromatic carbocycles. The molecule has 1 aromatic rings. The van der Waals surface area contributed by atoms with E-state index in [1.807, 2.05) is 6.07 Å². The Balaban J connectivity index is 2.25. The molecule has 2 rings (SSSR count). The van der Waals surface area contributed by atoms with Crippen molar-refractivity contribution in [1.29, 1.82) is 0 Å². The molecule has 1 aliphatic carbocycles. The van der Waals surface area contributed by atoms with Crippen LogP contribution in [0.4, 0.5) is 0 Å². The molecule has 0 bridgehead atoms. The molecule has 0 heterocycles. The summed E-state index contributed by atoms with van der Waals surface area (Å²) in [6, 6.07) is 8.33. The Hall–Kier alpha value is -1.40. The van der Waals surface area contributed by atoms with Gasteiger partial charge in [0.1, 0.15) is 6.54 Å². The lowest BCUT2D eigenvalue weighted by molar-refractivity contribution is -0.119. The van der Waals surface area contributed by atoms with Crippen LogP contribution in [0.3, 0.4) is 0 Å². The van der Waals surface area contributed by atoms with Crippen LogP contribution in [0.1, 0.15) is 29.6 Å². The van der Waals surface area contributed by atoms with Gasteiger partial charge in [-0.3, -0.25) is 9.59 Å². The fraction of sp³-hybridized carbons (Fsp3) is 0.467. The average Bonchev–Trinajstić information content (AvgIpc) is 2.48. The van der Waals surface area contributed by atoms with Gasteiger partial charge in [-0.2, -0.15) is 0 Å². The summed E-state index contributed by atoms with van der Waals surface area (Å²) in [5.41, 5.74) is 5.76. The summed E-state index contributed by atoms with van der Waals surface area (Å²) in [5.74, 6) is -0.858. The van der Waals surface area contributed by atoms with E-state index in [9.17, 15) is 14.7 Å². The number of nitrogens with two attached hydrogens (primary N) is 1. The summed E-state index contributed by atoms with van der Waals surface area (Å²) in [6.45, 7) is -0.185. The number of hydrogen-bond donors (Lipinski definition) is 2. The summed E-state index contributed by atoms with van der Waals surface area (Å²) in [4.78, 5) is 25.3. The number of hydrogen-bond acceptors (Lipinski definition) is 3. The van der Waals surface area contributed by atoms with Crippen LogP contribution in [0.25, 0.3) is 0 Å². The highest BCUT2D eigenvalue weighted by Crippen LogP contribution is 2.29. The van der Waals surface area contributed by atoms with Crippen molar-refractivity contribution in [1.82, 2.24) is 4.90 Å². The van der Waals surface area contributed by atoms with Gasteiger partial charge >= 0.3 is 0 Å². The van der Waals surface area contributed by atoms with Crippen LogP contribution in [0.15, 0.2) is 30.3 Å². The molecule has 0 unspecified atom stereocenters. The van der Waals surface area contributed by atoms with Gasteiger partial charge in [0.2, 0.25) is 5.91 Å². The van der Waals surface area contributed by atoms with Crippen LogP contribution in [-0.4, -0.2) is 45.3 Å². The van der Waals surface area contributed by atoms with E-state index < -0.39 is 18.1 Å². The SMILES string of the molecule is NC(=O)CN(C(=O)c1ccccc1)[C@H]1CCC[C@H](Br)[C@H]1O. The molecular formula is C15H19BrN2O3. The van der Waals surface area contributed by atoms with E-state index in [0.29, 0.717) is 12.0 Å². The van der Waals surface area contributed by atoms with Crippen LogP contribution in [0.2, 0.25) is 0 Å². The molecule has 6 heteroatoms. The summed E-state index contributed by atoms with van der Waals surface area (Å²) in [6.07, 6.45) is 1.69. The minimum absolute atomic E-state index is 0.0739. The monoisotopic (exact) mass is 354 g/mol. The Morgan fingerprint density at radius 1 is 1.29 bits per heavy atom. The molecule has 1 saturated carbocycles. The van der Waals surface area contributed by atoms with E-state index in [0.717, 1.165) is 12.8 Å². The first-order valence-corrected chi connectivity index (χ1v) is 7.88. The van der Waals surface area contributed by atoms with Crippen molar-refractivity contribution in [3.05, 3.63) is 35.9 Å². The van der Waals surface area contributed by atoms with Gasteiger partial charge in [0.15, 0.2) is 0 Å². The Kier molecular flexibility index (Phi) is 5.36. The normalized spacial score (nSPS) is 25.3. The molecule has 21 heavy (non-hydrogen) atoms. The lowest BCUT2D eigenvalue weighted by Gasteiger charge is -2.39. The zero-order valence-corrected chi connectivity index (χ0v) is 13.2. The molecule has 1 aliphatic rings. The summed E-state index contributed by atoms with van der Waals surface area (Å²) >= 11 is 3.43. The molecule has 1 fully saturated rings. The predicted molar refractivity (Wildman–Crippen MR) is 83.0 cm³/mol. The highest BCUT2D eigenvalue weighted by atomic mass is 79.9. The summed E-state index contributed by atoms with van der Waals surface area (Å²) < 4.78 is 0. The Morgan fingerprint density at radius 2 is 1.95 bits per heavy atom. The topological polar surface area (TPSA) is 83.6 Å². The molecule has 0 aliphatic heterocycles. The number of alkyl halides is 1. The summed E-state index contributed by atoms with van der Waals surface area (Å²) in [7, 11) is 0. The van der Waals surface area contributed by atoms with Gasteiger partial charge in [-0.15, -0.1) is 0 Å². The standard InChI is InChI=1S/C15H19BrN2O3/c16-11-7-4-8-12(14(11)20)18(9-13(17)19)15(21)10-5-2-1-3-6-10/h1-3,5-6,11-12,14,20H,4,7-9H2,(H2,17,19)/t11-,12-,14+/m0/s1. The maximum atomic E-state index is 12.6. The predicted octanol–water partition coefficient (Wildman–Crippen LogP) is 1.29. The Bertz CT molecular complexity index is 509. The molecule has 114 valence electrons. The highest BCUT2D eigenvalue weighted by Gasteiger charge is 2.37. The minimum atomic E-state index is -0.703. The third kappa shape index (κ3) is 3.83. The number of amides is 2. The fourth-order valence-corrected chi connectivity index (χ4v) is 3.37. The van der Waals surface area contributed by atoms with Gasteiger partial charge in [-0.1, -0.05) is 40.5 Å². The molecule has 3 atom stereocenters. The first-order valence-electron chi connectivity index (χ1n) is 6.97. The third-order valence-electron chi connectivity index (χ3n) is 3.75. The molecule has 0 spiro atoms. The molecule has 0 radical (unpaired) electrons. The van der Waals surface area contributed by atoms with E-state index in [1.54, 1.807) is 24.3 Å². The maximum absolute atomic E-state index is 12.6. The number of nitrogens with zero attached hydrogens (tertiary/aromatic N) is 1. The van der Waals surface area contributed by atoms with E-state index in [1.165, 1.54) is 4.90 Å². The zero-order chi connectivity index (χ0) is 15.4. The molecule has 0 aromatic heterocycles. The number of primary amides is 1. The van der Waals surface area contributed by atoms with Crippen molar-refractivity contribution >= 4 is 27.7 Å². The zero-order valence-electron chi connectivity index (χ0n) is 11.6. The lowest BCUT2D eigenvalue weighted by Crippen LogP contribution is -2.54. The number of aliphatic hydroxyl groups excluding tert-OH is 1. The highest BCUT2D eigenvalue weighted by molar-refractivity contribution is 9.09. The van der Waals surface area contributed by atoms with Crippen LogP contribution >= 0.6 is 15.9 Å². The molecule has 2 amide bonds. The van der Waals surface area contributed by atoms with Gasteiger partial charge < -0.3 is 15.7 Å². The number of halogens is 1. The number of carbonyl (C=O) groups excluding carboxylic acids is 2. The van der Waals surface area contributed by atoms with Crippen molar-refractivity contribution in [2.45, 2.75) is 36.2 Å². The quantitative estimate of drug-likeness (QED) is 0.799. The average molecular weight is 355 g/mol. The Labute approximate surface area is 132 Å². The van der Waals surface area contributed by atoms with Crippen LogP contribution < -0.4 is 5.73 Å². The van der Waals surface area contributed by atoms with Gasteiger partial charge in [-0.25, -0.2) is 0 Å². The molecule has 0 saturated heterocycles. The number of benzene rings is 1. The number of rotatable bonds is 4. The van der Waals surface area contributed by atoms with Crippen molar-refractivity contribution in [3.8, 4) is 0 Å². The van der Waals surface area contributed by atoms with Gasteiger partial charge in [0.05, 0.1) is 12.1 Å². The van der Waals surface area contributed by atoms with Gasteiger partial charge in [0, 0.05) is 10.4 Å². The minimum Gasteiger partial charge on any atom is -0.390 e. The number of carbonyl (C=O) groups is 2. The second-order valence-corrected chi connectivity index (χ2v) is 6.45. The van der Waals surface area contributed by atoms with Crippen molar-refractivity contribution < 1.29 is 14.7 Å².